The molecule has 1 aromatic rings. The third kappa shape index (κ3) is 2.86. The Balaban J connectivity index is 2.30. The summed E-state index contributed by atoms with van der Waals surface area (Å²) in [7, 11) is -4.46. The Labute approximate surface area is 120 Å². The Bertz CT molecular complexity index is 558. The summed E-state index contributed by atoms with van der Waals surface area (Å²) in [5.41, 5.74) is 0. The number of aliphatic hydroxyl groups is 1. The SMILES string of the molecule is O=S1CCN(S(=O)(=O)c2cc(CO)sc2Br)CC1. The van der Waals surface area contributed by atoms with Gasteiger partial charge in [-0.1, -0.05) is 0 Å². The Hall–Kier alpha value is 0.200. The van der Waals surface area contributed by atoms with Crippen LogP contribution in [0.1, 0.15) is 4.88 Å². The van der Waals surface area contributed by atoms with Crippen molar-refractivity contribution in [2.45, 2.75) is 11.5 Å². The molecular weight excluding hydrogens is 362 g/mol. The lowest BCUT2D eigenvalue weighted by molar-refractivity contribution is 0.285. The summed E-state index contributed by atoms with van der Waals surface area (Å²) in [6.45, 7) is 0.389. The van der Waals surface area contributed by atoms with Crippen LogP contribution in [0.15, 0.2) is 14.7 Å². The molecule has 1 N–H and O–H groups in total. The number of hydrogen-bond acceptors (Lipinski definition) is 5. The summed E-state index contributed by atoms with van der Waals surface area (Å²) in [5.74, 6) is 0.766. The topological polar surface area (TPSA) is 74.7 Å². The van der Waals surface area contributed by atoms with Crippen LogP contribution < -0.4 is 0 Å². The van der Waals surface area contributed by atoms with Crippen molar-refractivity contribution in [1.82, 2.24) is 4.31 Å². The molecule has 0 aromatic carbocycles. The fraction of sp³-hybridized carbons (Fsp3) is 0.556. The molecule has 1 aliphatic heterocycles. The Morgan fingerprint density at radius 2 is 2.06 bits per heavy atom. The van der Waals surface area contributed by atoms with E-state index in [2.05, 4.69) is 15.9 Å². The molecule has 0 amide bonds. The second-order valence-corrected chi connectivity index (χ2v) is 9.82. The molecule has 2 rings (SSSR count). The molecule has 102 valence electrons. The summed E-state index contributed by atoms with van der Waals surface area (Å²) < 4.78 is 37.8. The summed E-state index contributed by atoms with van der Waals surface area (Å²) >= 11 is 4.42. The van der Waals surface area contributed by atoms with E-state index in [0.29, 0.717) is 20.2 Å². The number of halogens is 1. The lowest BCUT2D eigenvalue weighted by Gasteiger charge is -2.25. The van der Waals surface area contributed by atoms with Crippen LogP contribution in [0.4, 0.5) is 0 Å². The molecule has 1 fully saturated rings. The van der Waals surface area contributed by atoms with Gasteiger partial charge in [-0.2, -0.15) is 4.31 Å². The van der Waals surface area contributed by atoms with Gasteiger partial charge in [0.1, 0.15) is 4.90 Å². The zero-order valence-electron chi connectivity index (χ0n) is 9.33. The Kier molecular flexibility index (Phi) is 4.61. The quantitative estimate of drug-likeness (QED) is 0.848. The first-order valence-electron chi connectivity index (χ1n) is 5.19. The average Bonchev–Trinajstić information content (AvgIpc) is 2.72. The minimum absolute atomic E-state index is 0.178. The molecule has 1 aliphatic rings. The monoisotopic (exact) mass is 373 g/mol. The first kappa shape index (κ1) is 14.6. The molecule has 5 nitrogen and oxygen atoms in total. The van der Waals surface area contributed by atoms with Crippen molar-refractivity contribution < 1.29 is 17.7 Å². The maximum atomic E-state index is 12.4. The van der Waals surface area contributed by atoms with E-state index in [1.807, 2.05) is 0 Å². The van der Waals surface area contributed by atoms with E-state index < -0.39 is 20.8 Å². The van der Waals surface area contributed by atoms with Gasteiger partial charge in [-0.05, 0) is 22.0 Å². The summed E-state index contributed by atoms with van der Waals surface area (Å²) in [6.07, 6.45) is 0. The summed E-state index contributed by atoms with van der Waals surface area (Å²) in [4.78, 5) is 0.783. The maximum Gasteiger partial charge on any atom is 0.245 e. The highest BCUT2D eigenvalue weighted by Gasteiger charge is 2.30. The molecule has 1 aromatic heterocycles. The van der Waals surface area contributed by atoms with Gasteiger partial charge < -0.3 is 5.11 Å². The van der Waals surface area contributed by atoms with Crippen molar-refractivity contribution in [2.75, 3.05) is 24.6 Å². The second-order valence-electron chi connectivity index (χ2n) is 3.76. The number of aliphatic hydroxyl groups excluding tert-OH is 1. The number of rotatable bonds is 3. The molecule has 0 bridgehead atoms. The lowest BCUT2D eigenvalue weighted by atomic mass is 10.5. The number of thiophene rings is 1. The molecule has 0 spiro atoms. The van der Waals surface area contributed by atoms with Crippen LogP contribution in [0.25, 0.3) is 0 Å². The van der Waals surface area contributed by atoms with Crippen molar-refractivity contribution >= 4 is 48.1 Å². The fourth-order valence-electron chi connectivity index (χ4n) is 1.65. The van der Waals surface area contributed by atoms with E-state index in [1.54, 1.807) is 0 Å². The van der Waals surface area contributed by atoms with Gasteiger partial charge in [0.2, 0.25) is 10.0 Å². The predicted molar refractivity (Wildman–Crippen MR) is 74.6 cm³/mol. The van der Waals surface area contributed by atoms with Gasteiger partial charge in [-0.15, -0.1) is 11.3 Å². The highest BCUT2D eigenvalue weighted by molar-refractivity contribution is 9.11. The molecule has 0 atom stereocenters. The van der Waals surface area contributed by atoms with Gasteiger partial charge in [-0.3, -0.25) is 4.21 Å². The molecule has 1 saturated heterocycles. The van der Waals surface area contributed by atoms with Crippen LogP contribution in [0.5, 0.6) is 0 Å². The van der Waals surface area contributed by atoms with Crippen LogP contribution >= 0.6 is 27.3 Å². The Morgan fingerprint density at radius 3 is 2.56 bits per heavy atom. The van der Waals surface area contributed by atoms with Crippen molar-refractivity contribution in [2.24, 2.45) is 0 Å². The van der Waals surface area contributed by atoms with Crippen LogP contribution in [-0.4, -0.2) is 46.6 Å². The van der Waals surface area contributed by atoms with Crippen LogP contribution in [0.2, 0.25) is 0 Å². The minimum Gasteiger partial charge on any atom is -0.391 e. The molecule has 2 heterocycles. The van der Waals surface area contributed by atoms with Gasteiger partial charge in [0.05, 0.1) is 10.4 Å². The second kappa shape index (κ2) is 5.68. The largest absolute Gasteiger partial charge is 0.391 e. The van der Waals surface area contributed by atoms with Crippen molar-refractivity contribution in [3.63, 3.8) is 0 Å². The van der Waals surface area contributed by atoms with Gasteiger partial charge in [0.25, 0.3) is 0 Å². The Morgan fingerprint density at radius 1 is 1.44 bits per heavy atom. The van der Waals surface area contributed by atoms with Crippen molar-refractivity contribution in [3.8, 4) is 0 Å². The standard InChI is InChI=1S/C9H12BrNO4S3/c10-9-8(5-7(6-12)16-9)18(14,15)11-1-3-17(13)4-2-11/h5,12H,1-4,6H2. The van der Waals surface area contributed by atoms with E-state index in [1.165, 1.54) is 21.7 Å². The van der Waals surface area contributed by atoms with E-state index in [9.17, 15) is 12.6 Å². The molecule has 0 unspecified atom stereocenters. The molecule has 0 saturated carbocycles. The third-order valence-electron chi connectivity index (χ3n) is 2.62. The predicted octanol–water partition coefficient (Wildman–Crippen LogP) is 0.756. The van der Waals surface area contributed by atoms with Crippen molar-refractivity contribution in [1.29, 1.82) is 0 Å². The summed E-state index contributed by atoms with van der Waals surface area (Å²) in [6, 6.07) is 1.48. The first-order chi connectivity index (χ1) is 8.45. The van der Waals surface area contributed by atoms with Gasteiger partial charge in [0.15, 0.2) is 0 Å². The number of sulfonamides is 1. The van der Waals surface area contributed by atoms with Crippen LogP contribution in [0, 0.1) is 0 Å². The van der Waals surface area contributed by atoms with E-state index in [0.717, 1.165) is 0 Å². The normalized spacial score (nSPS) is 19.2. The molecule has 0 radical (unpaired) electrons. The third-order valence-corrected chi connectivity index (χ3v) is 8.03. The van der Waals surface area contributed by atoms with Gasteiger partial charge >= 0.3 is 0 Å². The summed E-state index contributed by atoms with van der Waals surface area (Å²) in [5, 5.41) is 9.03. The number of hydrogen-bond donors (Lipinski definition) is 1. The maximum absolute atomic E-state index is 12.4. The van der Waals surface area contributed by atoms with Crippen molar-refractivity contribution in [3.05, 3.63) is 14.7 Å². The fourth-order valence-corrected chi connectivity index (χ4v) is 6.87. The van der Waals surface area contributed by atoms with E-state index >= 15 is 0 Å². The smallest absolute Gasteiger partial charge is 0.245 e. The molecular formula is C9H12BrNO4S3. The highest BCUT2D eigenvalue weighted by Crippen LogP contribution is 2.33. The van der Waals surface area contributed by atoms with Crippen LogP contribution in [0.3, 0.4) is 0 Å². The molecule has 18 heavy (non-hydrogen) atoms. The van der Waals surface area contributed by atoms with E-state index in [-0.39, 0.29) is 24.6 Å². The highest BCUT2D eigenvalue weighted by atomic mass is 79.9. The minimum atomic E-state index is -3.55. The molecule has 9 heteroatoms. The first-order valence-corrected chi connectivity index (χ1v) is 9.73. The van der Waals surface area contributed by atoms with Gasteiger partial charge in [-0.25, -0.2) is 8.42 Å². The number of nitrogens with zero attached hydrogens (tertiary/aromatic N) is 1. The molecule has 0 aliphatic carbocycles. The van der Waals surface area contributed by atoms with E-state index in [4.69, 9.17) is 5.11 Å². The average molecular weight is 374 g/mol. The zero-order valence-corrected chi connectivity index (χ0v) is 13.4. The lowest BCUT2D eigenvalue weighted by Crippen LogP contribution is -2.41. The zero-order chi connectivity index (χ0) is 13.3. The van der Waals surface area contributed by atoms with Crippen LogP contribution in [-0.2, 0) is 27.4 Å². The van der Waals surface area contributed by atoms with Gasteiger partial charge in [0, 0.05) is 40.3 Å².